The first kappa shape index (κ1) is 18.1. The van der Waals surface area contributed by atoms with Crippen LogP contribution in [-0.2, 0) is 12.3 Å². The summed E-state index contributed by atoms with van der Waals surface area (Å²) < 4.78 is 4.46. The maximum atomic E-state index is 13.1. The molecule has 0 fully saturated rings. The van der Waals surface area contributed by atoms with Gasteiger partial charge in [-0.15, -0.1) is 21.5 Å². The summed E-state index contributed by atoms with van der Waals surface area (Å²) in [4.78, 5) is 13.1. The highest BCUT2D eigenvalue weighted by molar-refractivity contribution is 7.98. The van der Waals surface area contributed by atoms with Gasteiger partial charge in [0.1, 0.15) is 4.70 Å². The highest BCUT2D eigenvalue weighted by atomic mass is 32.2. The Hall–Kier alpha value is -2.90. The number of rotatable bonds is 5. The minimum Gasteiger partial charge on any atom is -0.271 e. The Kier molecular flexibility index (Phi) is 4.69. The maximum Gasteiger partial charge on any atom is 0.273 e. The third kappa shape index (κ3) is 3.36. The van der Waals surface area contributed by atoms with Crippen molar-refractivity contribution < 1.29 is 0 Å². The molecule has 0 saturated heterocycles. The third-order valence-corrected chi connectivity index (χ3v) is 6.75. The SMILES string of the molecule is Cc1ccc(CSc2nnc3n(Cc4ccccc4)c(=O)c4sccc4n23)cc1. The van der Waals surface area contributed by atoms with Crippen molar-refractivity contribution in [1.82, 2.24) is 19.2 Å². The second-order valence-electron chi connectivity index (χ2n) is 6.90. The molecule has 0 atom stereocenters. The van der Waals surface area contributed by atoms with Gasteiger partial charge in [-0.3, -0.25) is 13.8 Å². The summed E-state index contributed by atoms with van der Waals surface area (Å²) in [5, 5.41) is 11.6. The number of benzene rings is 2. The van der Waals surface area contributed by atoms with Crippen molar-refractivity contribution in [3.8, 4) is 0 Å². The fourth-order valence-electron chi connectivity index (χ4n) is 3.33. The fraction of sp³-hybridized carbons (Fsp3) is 0.136. The number of hydrogen-bond acceptors (Lipinski definition) is 5. The molecule has 0 aliphatic heterocycles. The van der Waals surface area contributed by atoms with Gasteiger partial charge in [0, 0.05) is 5.75 Å². The van der Waals surface area contributed by atoms with Crippen molar-refractivity contribution in [2.24, 2.45) is 0 Å². The van der Waals surface area contributed by atoms with Gasteiger partial charge in [-0.1, -0.05) is 71.9 Å². The van der Waals surface area contributed by atoms with E-state index in [1.165, 1.54) is 22.5 Å². The van der Waals surface area contributed by atoms with E-state index in [2.05, 4.69) is 41.4 Å². The summed E-state index contributed by atoms with van der Waals surface area (Å²) in [6, 6.07) is 20.5. The van der Waals surface area contributed by atoms with Crippen molar-refractivity contribution in [2.45, 2.75) is 24.4 Å². The Morgan fingerprint density at radius 1 is 0.966 bits per heavy atom. The molecule has 3 aromatic heterocycles. The van der Waals surface area contributed by atoms with Gasteiger partial charge in [0.2, 0.25) is 5.78 Å². The highest BCUT2D eigenvalue weighted by Crippen LogP contribution is 2.26. The van der Waals surface area contributed by atoms with E-state index in [1.807, 2.05) is 46.2 Å². The van der Waals surface area contributed by atoms with Gasteiger partial charge < -0.3 is 0 Å². The van der Waals surface area contributed by atoms with E-state index in [4.69, 9.17) is 0 Å². The molecule has 2 aromatic carbocycles. The average Bonchev–Trinajstić information content (AvgIpc) is 3.38. The molecule has 0 radical (unpaired) electrons. The Labute approximate surface area is 175 Å². The quantitative estimate of drug-likeness (QED) is 0.386. The van der Waals surface area contributed by atoms with E-state index in [0.717, 1.165) is 26.7 Å². The van der Waals surface area contributed by atoms with E-state index < -0.39 is 0 Å². The average molecular weight is 419 g/mol. The van der Waals surface area contributed by atoms with Gasteiger partial charge in [0.15, 0.2) is 5.16 Å². The molecule has 144 valence electrons. The lowest BCUT2D eigenvalue weighted by Gasteiger charge is -2.09. The standard InChI is InChI=1S/C22H18N4OS2/c1-15-7-9-17(10-8-15)14-29-22-24-23-21-25(13-16-5-3-2-4-6-16)20(27)19-18(26(21)22)11-12-28-19/h2-12H,13-14H2,1H3. The first-order valence-corrected chi connectivity index (χ1v) is 11.1. The number of thiophene rings is 1. The number of aryl methyl sites for hydroxylation is 1. The van der Waals surface area contributed by atoms with Crippen LogP contribution in [0.5, 0.6) is 0 Å². The second kappa shape index (κ2) is 7.50. The minimum absolute atomic E-state index is 0.0196. The van der Waals surface area contributed by atoms with E-state index in [1.54, 1.807) is 16.3 Å². The molecule has 0 aliphatic carbocycles. The number of aromatic nitrogens is 4. The number of thioether (sulfide) groups is 1. The van der Waals surface area contributed by atoms with E-state index >= 15 is 0 Å². The number of fused-ring (bicyclic) bond motifs is 3. The summed E-state index contributed by atoms with van der Waals surface area (Å²) in [7, 11) is 0. The molecule has 5 aromatic rings. The van der Waals surface area contributed by atoms with Crippen LogP contribution in [0.15, 0.2) is 76.0 Å². The van der Waals surface area contributed by atoms with Crippen LogP contribution in [0.25, 0.3) is 16.0 Å². The van der Waals surface area contributed by atoms with Crippen LogP contribution in [0, 0.1) is 6.92 Å². The predicted molar refractivity (Wildman–Crippen MR) is 119 cm³/mol. The van der Waals surface area contributed by atoms with Crippen molar-refractivity contribution >= 4 is 39.1 Å². The molecule has 0 spiro atoms. The zero-order chi connectivity index (χ0) is 19.8. The lowest BCUT2D eigenvalue weighted by molar-refractivity contribution is 0.765. The summed E-state index contributed by atoms with van der Waals surface area (Å²) in [6.45, 7) is 2.56. The van der Waals surface area contributed by atoms with Gasteiger partial charge in [0.25, 0.3) is 5.56 Å². The fourth-order valence-corrected chi connectivity index (χ4v) is 5.05. The summed E-state index contributed by atoms with van der Waals surface area (Å²) >= 11 is 3.10. The first-order valence-electron chi connectivity index (χ1n) is 9.28. The van der Waals surface area contributed by atoms with Gasteiger partial charge >= 0.3 is 0 Å². The van der Waals surface area contributed by atoms with Crippen molar-refractivity contribution in [3.05, 3.63) is 93.1 Å². The lowest BCUT2D eigenvalue weighted by Crippen LogP contribution is -2.23. The van der Waals surface area contributed by atoms with Crippen molar-refractivity contribution in [1.29, 1.82) is 0 Å². The number of nitrogens with zero attached hydrogens (tertiary/aromatic N) is 4. The van der Waals surface area contributed by atoms with E-state index in [0.29, 0.717) is 12.3 Å². The van der Waals surface area contributed by atoms with Crippen molar-refractivity contribution in [2.75, 3.05) is 0 Å². The van der Waals surface area contributed by atoms with Crippen LogP contribution in [0.4, 0.5) is 0 Å². The molecule has 0 amide bonds. The summed E-state index contributed by atoms with van der Waals surface area (Å²) in [5.74, 6) is 1.38. The molecule has 3 heterocycles. The zero-order valence-corrected chi connectivity index (χ0v) is 17.4. The van der Waals surface area contributed by atoms with Crippen LogP contribution in [-0.4, -0.2) is 19.2 Å². The number of hydrogen-bond donors (Lipinski definition) is 0. The first-order chi connectivity index (χ1) is 14.2. The largest absolute Gasteiger partial charge is 0.273 e. The normalized spacial score (nSPS) is 11.5. The molecule has 0 unspecified atom stereocenters. The summed E-state index contributed by atoms with van der Waals surface area (Å²) in [5.41, 5.74) is 4.39. The molecule has 5 nitrogen and oxygen atoms in total. The molecular formula is C22H18N4OS2. The van der Waals surface area contributed by atoms with Crippen LogP contribution in [0.3, 0.4) is 0 Å². The minimum atomic E-state index is -0.0196. The molecule has 5 rings (SSSR count). The Balaban J connectivity index is 1.60. The third-order valence-electron chi connectivity index (χ3n) is 4.85. The van der Waals surface area contributed by atoms with Gasteiger partial charge in [-0.2, -0.15) is 0 Å². The van der Waals surface area contributed by atoms with Crippen molar-refractivity contribution in [3.63, 3.8) is 0 Å². The van der Waals surface area contributed by atoms with Gasteiger partial charge in [-0.05, 0) is 29.5 Å². The molecule has 0 N–H and O–H groups in total. The monoisotopic (exact) mass is 418 g/mol. The molecule has 7 heteroatoms. The molecule has 0 saturated carbocycles. The second-order valence-corrected chi connectivity index (χ2v) is 8.76. The Morgan fingerprint density at radius 2 is 1.76 bits per heavy atom. The topological polar surface area (TPSA) is 52.2 Å². The van der Waals surface area contributed by atoms with Crippen LogP contribution < -0.4 is 5.56 Å². The van der Waals surface area contributed by atoms with Crippen LogP contribution in [0.1, 0.15) is 16.7 Å². The molecular weight excluding hydrogens is 400 g/mol. The van der Waals surface area contributed by atoms with Crippen LogP contribution >= 0.6 is 23.1 Å². The van der Waals surface area contributed by atoms with E-state index in [9.17, 15) is 4.79 Å². The van der Waals surface area contributed by atoms with Crippen LogP contribution in [0.2, 0.25) is 0 Å². The molecule has 0 bridgehead atoms. The Bertz CT molecular complexity index is 1350. The summed E-state index contributed by atoms with van der Waals surface area (Å²) in [6.07, 6.45) is 0. The smallest absolute Gasteiger partial charge is 0.271 e. The highest BCUT2D eigenvalue weighted by Gasteiger charge is 2.18. The lowest BCUT2D eigenvalue weighted by atomic mass is 10.2. The Morgan fingerprint density at radius 3 is 2.55 bits per heavy atom. The molecule has 0 aliphatic rings. The predicted octanol–water partition coefficient (Wildman–Crippen LogP) is 4.75. The zero-order valence-electron chi connectivity index (χ0n) is 15.8. The molecule has 29 heavy (non-hydrogen) atoms. The van der Waals surface area contributed by atoms with Gasteiger partial charge in [-0.25, -0.2) is 0 Å². The van der Waals surface area contributed by atoms with E-state index in [-0.39, 0.29) is 5.56 Å². The van der Waals surface area contributed by atoms with Gasteiger partial charge in [0.05, 0.1) is 12.1 Å². The maximum absolute atomic E-state index is 13.1.